The molecular weight excluding hydrogens is 238 g/mol. The number of rotatable bonds is 3. The lowest BCUT2D eigenvalue weighted by atomic mass is 10.1. The van der Waals surface area contributed by atoms with Crippen molar-refractivity contribution in [3.05, 3.63) is 30.0 Å². The predicted molar refractivity (Wildman–Crippen MR) is 78.3 cm³/mol. The number of nitrogens with zero attached hydrogens (tertiary/aromatic N) is 2. The molecule has 1 aliphatic heterocycles. The van der Waals surface area contributed by atoms with Gasteiger partial charge in [-0.15, -0.1) is 0 Å². The minimum absolute atomic E-state index is 0.494. The maximum Gasteiger partial charge on any atom is 0.0885 e. The topological polar surface area (TPSA) is 51.4 Å². The predicted octanol–water partition coefficient (Wildman–Crippen LogP) is 2.56. The molecular formula is C15H19N3O. The number of anilines is 2. The highest BCUT2D eigenvalue weighted by molar-refractivity contribution is 5.92. The first-order valence-corrected chi connectivity index (χ1v) is 6.71. The van der Waals surface area contributed by atoms with E-state index in [2.05, 4.69) is 28.1 Å². The number of hydrogen-bond acceptors (Lipinski definition) is 4. The minimum Gasteiger partial charge on any atom is -0.398 e. The largest absolute Gasteiger partial charge is 0.398 e. The minimum atomic E-state index is 0.494. The Hall–Kier alpha value is -1.81. The molecule has 0 saturated carbocycles. The summed E-state index contributed by atoms with van der Waals surface area (Å²) in [6.45, 7) is 2.77. The van der Waals surface area contributed by atoms with Crippen LogP contribution in [0.3, 0.4) is 0 Å². The van der Waals surface area contributed by atoms with Gasteiger partial charge in [0.25, 0.3) is 0 Å². The van der Waals surface area contributed by atoms with Crippen LogP contribution in [0.5, 0.6) is 0 Å². The lowest BCUT2D eigenvalue weighted by Gasteiger charge is -2.18. The molecule has 1 fully saturated rings. The zero-order valence-corrected chi connectivity index (χ0v) is 11.2. The fraction of sp³-hybridized carbons (Fsp3) is 0.400. The average molecular weight is 257 g/mol. The summed E-state index contributed by atoms with van der Waals surface area (Å²) < 4.78 is 5.11. The molecule has 1 aromatic carbocycles. The van der Waals surface area contributed by atoms with Gasteiger partial charge in [0.1, 0.15) is 0 Å². The number of benzene rings is 1. The van der Waals surface area contributed by atoms with Gasteiger partial charge in [0.05, 0.1) is 17.8 Å². The Bertz CT molecular complexity index is 591. The van der Waals surface area contributed by atoms with Gasteiger partial charge in [-0.25, -0.2) is 0 Å². The third kappa shape index (κ3) is 2.36. The van der Waals surface area contributed by atoms with E-state index in [1.54, 1.807) is 7.11 Å². The summed E-state index contributed by atoms with van der Waals surface area (Å²) in [6, 6.07) is 8.24. The Morgan fingerprint density at radius 2 is 2.05 bits per heavy atom. The van der Waals surface area contributed by atoms with Gasteiger partial charge in [-0.05, 0) is 37.1 Å². The van der Waals surface area contributed by atoms with Gasteiger partial charge in [-0.2, -0.15) is 0 Å². The van der Waals surface area contributed by atoms with Gasteiger partial charge in [0, 0.05) is 37.0 Å². The first-order chi connectivity index (χ1) is 9.28. The Balaban J connectivity index is 2.02. The first kappa shape index (κ1) is 12.2. The van der Waals surface area contributed by atoms with Crippen molar-refractivity contribution in [2.75, 3.05) is 30.8 Å². The Kier molecular flexibility index (Phi) is 3.25. The van der Waals surface area contributed by atoms with Gasteiger partial charge in [-0.1, -0.05) is 0 Å². The maximum absolute atomic E-state index is 6.14. The van der Waals surface area contributed by atoms with Crippen molar-refractivity contribution in [1.29, 1.82) is 0 Å². The number of ether oxygens (including phenoxy) is 1. The highest BCUT2D eigenvalue weighted by atomic mass is 16.5. The summed E-state index contributed by atoms with van der Waals surface area (Å²) in [5.41, 5.74) is 9.98. The summed E-state index contributed by atoms with van der Waals surface area (Å²) in [7, 11) is 1.67. The van der Waals surface area contributed by atoms with E-state index in [1.807, 2.05) is 6.07 Å². The van der Waals surface area contributed by atoms with Crippen molar-refractivity contribution in [1.82, 2.24) is 4.98 Å². The SMILES string of the molecule is COCc1cc(N)c2cc(N3CCCC3)ccc2n1. The molecule has 0 bridgehead atoms. The Morgan fingerprint density at radius 3 is 2.79 bits per heavy atom. The molecule has 2 aromatic rings. The van der Waals surface area contributed by atoms with Crippen LogP contribution in [0.15, 0.2) is 24.3 Å². The molecule has 0 aliphatic carbocycles. The second-order valence-corrected chi connectivity index (χ2v) is 5.03. The standard InChI is InChI=1S/C15H19N3O/c1-19-10-11-8-14(16)13-9-12(4-5-15(13)17-11)18-6-2-3-7-18/h4-5,8-9H,2-3,6-7,10H2,1H3,(H2,16,17). The highest BCUT2D eigenvalue weighted by Gasteiger charge is 2.13. The van der Waals surface area contributed by atoms with Gasteiger partial charge in [0.15, 0.2) is 0 Å². The van der Waals surface area contributed by atoms with Crippen LogP contribution in [0.25, 0.3) is 10.9 Å². The molecule has 2 N–H and O–H groups in total. The molecule has 0 spiro atoms. The maximum atomic E-state index is 6.14. The third-order valence-electron chi connectivity index (χ3n) is 3.64. The van der Waals surface area contributed by atoms with Crippen LogP contribution >= 0.6 is 0 Å². The molecule has 0 unspecified atom stereocenters. The molecule has 4 heteroatoms. The molecule has 1 aliphatic rings. The van der Waals surface area contributed by atoms with Crippen molar-refractivity contribution in [3.63, 3.8) is 0 Å². The number of pyridine rings is 1. The molecule has 3 rings (SSSR count). The summed E-state index contributed by atoms with van der Waals surface area (Å²) >= 11 is 0. The molecule has 4 nitrogen and oxygen atoms in total. The van der Waals surface area contributed by atoms with E-state index in [1.165, 1.54) is 18.5 Å². The number of fused-ring (bicyclic) bond motifs is 1. The van der Waals surface area contributed by atoms with E-state index in [-0.39, 0.29) is 0 Å². The molecule has 100 valence electrons. The monoisotopic (exact) mass is 257 g/mol. The van der Waals surface area contributed by atoms with Gasteiger partial charge in [-0.3, -0.25) is 4.98 Å². The lowest BCUT2D eigenvalue weighted by molar-refractivity contribution is 0.182. The van der Waals surface area contributed by atoms with Gasteiger partial charge >= 0.3 is 0 Å². The number of nitrogen functional groups attached to an aromatic ring is 1. The van der Waals surface area contributed by atoms with E-state index in [4.69, 9.17) is 10.5 Å². The molecule has 0 amide bonds. The quantitative estimate of drug-likeness (QED) is 0.918. The summed E-state index contributed by atoms with van der Waals surface area (Å²) in [5, 5.41) is 1.03. The van der Waals surface area contributed by atoms with Crippen LogP contribution in [-0.2, 0) is 11.3 Å². The van der Waals surface area contributed by atoms with E-state index >= 15 is 0 Å². The number of hydrogen-bond donors (Lipinski definition) is 1. The van der Waals surface area contributed by atoms with Crippen molar-refractivity contribution in [3.8, 4) is 0 Å². The summed E-state index contributed by atoms with van der Waals surface area (Å²) in [4.78, 5) is 6.97. The third-order valence-corrected chi connectivity index (χ3v) is 3.64. The molecule has 0 radical (unpaired) electrons. The van der Waals surface area contributed by atoms with Crippen LogP contribution < -0.4 is 10.6 Å². The number of aromatic nitrogens is 1. The summed E-state index contributed by atoms with van der Waals surface area (Å²) in [6.07, 6.45) is 2.55. The van der Waals surface area contributed by atoms with E-state index < -0.39 is 0 Å². The second-order valence-electron chi connectivity index (χ2n) is 5.03. The molecule has 19 heavy (non-hydrogen) atoms. The van der Waals surface area contributed by atoms with Crippen LogP contribution in [0, 0.1) is 0 Å². The molecule has 2 heterocycles. The van der Waals surface area contributed by atoms with E-state index in [9.17, 15) is 0 Å². The van der Waals surface area contributed by atoms with Crippen molar-refractivity contribution < 1.29 is 4.74 Å². The lowest BCUT2D eigenvalue weighted by Crippen LogP contribution is -2.17. The van der Waals surface area contributed by atoms with E-state index in [0.717, 1.165) is 35.4 Å². The Labute approximate surface area is 113 Å². The van der Waals surface area contributed by atoms with Crippen molar-refractivity contribution in [2.45, 2.75) is 19.4 Å². The van der Waals surface area contributed by atoms with Crippen molar-refractivity contribution >= 4 is 22.3 Å². The zero-order valence-electron chi connectivity index (χ0n) is 11.2. The second kappa shape index (κ2) is 5.05. The van der Waals surface area contributed by atoms with Gasteiger partial charge in [0.2, 0.25) is 0 Å². The van der Waals surface area contributed by atoms with E-state index in [0.29, 0.717) is 6.61 Å². The fourth-order valence-electron chi connectivity index (χ4n) is 2.69. The normalized spacial score (nSPS) is 15.3. The smallest absolute Gasteiger partial charge is 0.0885 e. The average Bonchev–Trinajstić information content (AvgIpc) is 2.93. The molecule has 1 aromatic heterocycles. The molecule has 1 saturated heterocycles. The van der Waals surface area contributed by atoms with Crippen LogP contribution in [0.4, 0.5) is 11.4 Å². The summed E-state index contributed by atoms with van der Waals surface area (Å²) in [5.74, 6) is 0. The van der Waals surface area contributed by atoms with Crippen molar-refractivity contribution in [2.24, 2.45) is 0 Å². The highest BCUT2D eigenvalue weighted by Crippen LogP contribution is 2.28. The molecule has 0 atom stereocenters. The number of methoxy groups -OCH3 is 1. The Morgan fingerprint density at radius 1 is 1.26 bits per heavy atom. The zero-order chi connectivity index (χ0) is 13.2. The van der Waals surface area contributed by atoms with Crippen LogP contribution in [0.2, 0.25) is 0 Å². The van der Waals surface area contributed by atoms with Crippen LogP contribution in [-0.4, -0.2) is 25.2 Å². The number of nitrogens with two attached hydrogens (primary N) is 1. The van der Waals surface area contributed by atoms with Gasteiger partial charge < -0.3 is 15.4 Å². The van der Waals surface area contributed by atoms with Crippen LogP contribution in [0.1, 0.15) is 18.5 Å². The fourth-order valence-corrected chi connectivity index (χ4v) is 2.69. The first-order valence-electron chi connectivity index (χ1n) is 6.71.